The number of rotatable bonds is 3. The molecule has 1 N–H and O–H groups in total. The maximum atomic E-state index is 5.49. The SMILES string of the molecule is CNC1CCc2c(c(OC)cc(Br)c2OC)C1. The molecule has 0 heterocycles. The van der Waals surface area contributed by atoms with Crippen LogP contribution >= 0.6 is 15.9 Å². The molecule has 0 fully saturated rings. The topological polar surface area (TPSA) is 30.5 Å². The third kappa shape index (κ3) is 2.29. The van der Waals surface area contributed by atoms with Gasteiger partial charge in [-0.1, -0.05) is 0 Å². The molecule has 1 unspecified atom stereocenters. The second-order valence-corrected chi connectivity index (χ2v) is 5.13. The summed E-state index contributed by atoms with van der Waals surface area (Å²) in [6.45, 7) is 0. The predicted molar refractivity (Wildman–Crippen MR) is 72.1 cm³/mol. The van der Waals surface area contributed by atoms with Crippen molar-refractivity contribution >= 4 is 15.9 Å². The highest BCUT2D eigenvalue weighted by Gasteiger charge is 2.25. The molecule has 0 aromatic heterocycles. The quantitative estimate of drug-likeness (QED) is 0.930. The van der Waals surface area contributed by atoms with Crippen LogP contribution in [0.25, 0.3) is 0 Å². The van der Waals surface area contributed by atoms with Gasteiger partial charge in [0.05, 0.1) is 18.7 Å². The molecule has 1 aliphatic rings. The first-order chi connectivity index (χ1) is 8.21. The van der Waals surface area contributed by atoms with Crippen LogP contribution in [0.3, 0.4) is 0 Å². The van der Waals surface area contributed by atoms with Gasteiger partial charge in [-0.15, -0.1) is 0 Å². The first kappa shape index (κ1) is 12.7. The summed E-state index contributed by atoms with van der Waals surface area (Å²) in [4.78, 5) is 0. The average molecular weight is 300 g/mol. The van der Waals surface area contributed by atoms with Gasteiger partial charge in [0, 0.05) is 17.2 Å². The number of fused-ring (bicyclic) bond motifs is 1. The van der Waals surface area contributed by atoms with Crippen LogP contribution in [0.15, 0.2) is 10.5 Å². The molecule has 1 aliphatic carbocycles. The van der Waals surface area contributed by atoms with E-state index in [1.165, 1.54) is 11.1 Å². The molecule has 0 bridgehead atoms. The largest absolute Gasteiger partial charge is 0.496 e. The van der Waals surface area contributed by atoms with Crippen LogP contribution in [0, 0.1) is 0 Å². The second-order valence-electron chi connectivity index (χ2n) is 4.28. The van der Waals surface area contributed by atoms with E-state index < -0.39 is 0 Å². The standard InChI is InChI=1S/C13H18BrNO2/c1-15-8-4-5-9-10(6-8)12(16-2)7-11(14)13(9)17-3/h7-8,15H,4-6H2,1-3H3. The van der Waals surface area contributed by atoms with Crippen LogP contribution in [-0.2, 0) is 12.8 Å². The average Bonchev–Trinajstić information content (AvgIpc) is 2.37. The zero-order valence-electron chi connectivity index (χ0n) is 10.5. The molecule has 2 rings (SSSR count). The number of likely N-dealkylation sites (N-methyl/N-ethyl adjacent to an activating group) is 1. The van der Waals surface area contributed by atoms with Crippen molar-refractivity contribution in [3.05, 3.63) is 21.7 Å². The zero-order valence-corrected chi connectivity index (χ0v) is 12.1. The number of halogens is 1. The van der Waals surface area contributed by atoms with Gasteiger partial charge in [-0.25, -0.2) is 0 Å². The Morgan fingerprint density at radius 1 is 1.29 bits per heavy atom. The molecule has 0 saturated carbocycles. The summed E-state index contributed by atoms with van der Waals surface area (Å²) < 4.78 is 11.9. The van der Waals surface area contributed by atoms with Gasteiger partial charge >= 0.3 is 0 Å². The normalized spacial score (nSPS) is 18.7. The summed E-state index contributed by atoms with van der Waals surface area (Å²) in [7, 11) is 5.45. The van der Waals surface area contributed by atoms with Crippen molar-refractivity contribution in [2.75, 3.05) is 21.3 Å². The molecule has 1 aromatic rings. The Morgan fingerprint density at radius 3 is 2.65 bits per heavy atom. The van der Waals surface area contributed by atoms with E-state index in [-0.39, 0.29) is 0 Å². The number of hydrogen-bond acceptors (Lipinski definition) is 3. The van der Waals surface area contributed by atoms with Crippen LogP contribution in [-0.4, -0.2) is 27.3 Å². The van der Waals surface area contributed by atoms with Gasteiger partial charge in [0.1, 0.15) is 11.5 Å². The number of methoxy groups -OCH3 is 2. The number of nitrogens with one attached hydrogen (secondary N) is 1. The van der Waals surface area contributed by atoms with E-state index in [1.54, 1.807) is 14.2 Å². The first-order valence-corrected chi connectivity index (χ1v) is 6.60. The lowest BCUT2D eigenvalue weighted by atomic mass is 9.87. The minimum atomic E-state index is 0.530. The van der Waals surface area contributed by atoms with Crippen molar-refractivity contribution in [3.63, 3.8) is 0 Å². The van der Waals surface area contributed by atoms with E-state index in [4.69, 9.17) is 9.47 Å². The Kier molecular flexibility index (Phi) is 3.94. The summed E-state index contributed by atoms with van der Waals surface area (Å²) in [5.41, 5.74) is 2.56. The first-order valence-electron chi connectivity index (χ1n) is 5.80. The Labute approximate surface area is 111 Å². The Bertz CT molecular complexity index is 420. The maximum Gasteiger partial charge on any atom is 0.136 e. The van der Waals surface area contributed by atoms with Gasteiger partial charge in [0.25, 0.3) is 0 Å². The van der Waals surface area contributed by atoms with Crippen molar-refractivity contribution in [2.45, 2.75) is 25.3 Å². The summed E-state index contributed by atoms with van der Waals surface area (Å²) in [5.74, 6) is 1.91. The van der Waals surface area contributed by atoms with Crippen LogP contribution in [0.4, 0.5) is 0 Å². The molecule has 0 amide bonds. The Hall–Kier alpha value is -0.740. The summed E-state index contributed by atoms with van der Waals surface area (Å²) in [5, 5.41) is 3.34. The molecule has 0 saturated heterocycles. The Balaban J connectivity index is 2.50. The van der Waals surface area contributed by atoms with E-state index in [9.17, 15) is 0 Å². The highest BCUT2D eigenvalue weighted by molar-refractivity contribution is 9.10. The fourth-order valence-corrected chi connectivity index (χ4v) is 3.11. The molecular weight excluding hydrogens is 282 g/mol. The molecule has 1 aromatic carbocycles. The minimum absolute atomic E-state index is 0.530. The van der Waals surface area contributed by atoms with E-state index >= 15 is 0 Å². The van der Waals surface area contributed by atoms with Crippen LogP contribution < -0.4 is 14.8 Å². The third-order valence-electron chi connectivity index (χ3n) is 3.44. The lowest BCUT2D eigenvalue weighted by Gasteiger charge is -2.27. The fraction of sp³-hybridized carbons (Fsp3) is 0.538. The predicted octanol–water partition coefficient (Wildman–Crippen LogP) is 2.54. The molecule has 17 heavy (non-hydrogen) atoms. The summed E-state index contributed by atoms with van der Waals surface area (Å²) in [6, 6.07) is 2.53. The van der Waals surface area contributed by atoms with Crippen molar-refractivity contribution in [1.82, 2.24) is 5.32 Å². The van der Waals surface area contributed by atoms with Gasteiger partial charge in [0.2, 0.25) is 0 Å². The summed E-state index contributed by atoms with van der Waals surface area (Å²) >= 11 is 3.54. The summed E-state index contributed by atoms with van der Waals surface area (Å²) in [6.07, 6.45) is 3.16. The molecule has 0 aliphatic heterocycles. The highest BCUT2D eigenvalue weighted by Crippen LogP contribution is 2.41. The van der Waals surface area contributed by atoms with Gasteiger partial charge in [0.15, 0.2) is 0 Å². The van der Waals surface area contributed by atoms with Crippen LogP contribution in [0.5, 0.6) is 11.5 Å². The second kappa shape index (κ2) is 5.27. The van der Waals surface area contributed by atoms with Crippen molar-refractivity contribution in [2.24, 2.45) is 0 Å². The lowest BCUT2D eigenvalue weighted by Crippen LogP contribution is -2.32. The monoisotopic (exact) mass is 299 g/mol. The highest BCUT2D eigenvalue weighted by atomic mass is 79.9. The maximum absolute atomic E-state index is 5.49. The van der Waals surface area contributed by atoms with Crippen molar-refractivity contribution in [1.29, 1.82) is 0 Å². The molecule has 4 heteroatoms. The molecule has 3 nitrogen and oxygen atoms in total. The molecule has 1 atom stereocenters. The lowest BCUT2D eigenvalue weighted by molar-refractivity contribution is 0.378. The zero-order chi connectivity index (χ0) is 12.4. The van der Waals surface area contributed by atoms with Crippen LogP contribution in [0.2, 0.25) is 0 Å². The van der Waals surface area contributed by atoms with Gasteiger partial charge in [-0.2, -0.15) is 0 Å². The van der Waals surface area contributed by atoms with Crippen molar-refractivity contribution in [3.8, 4) is 11.5 Å². The van der Waals surface area contributed by atoms with E-state index in [2.05, 4.69) is 21.2 Å². The smallest absolute Gasteiger partial charge is 0.136 e. The number of benzene rings is 1. The third-order valence-corrected chi connectivity index (χ3v) is 4.03. The van der Waals surface area contributed by atoms with E-state index in [0.29, 0.717) is 6.04 Å². The van der Waals surface area contributed by atoms with Gasteiger partial charge < -0.3 is 14.8 Å². The van der Waals surface area contributed by atoms with E-state index in [0.717, 1.165) is 35.2 Å². The van der Waals surface area contributed by atoms with Gasteiger partial charge in [-0.3, -0.25) is 0 Å². The molecule has 0 radical (unpaired) electrons. The fourth-order valence-electron chi connectivity index (χ4n) is 2.50. The molecule has 94 valence electrons. The molecule has 0 spiro atoms. The Morgan fingerprint density at radius 2 is 2.06 bits per heavy atom. The minimum Gasteiger partial charge on any atom is -0.496 e. The molecular formula is C13H18BrNO2. The van der Waals surface area contributed by atoms with Crippen LogP contribution in [0.1, 0.15) is 17.5 Å². The van der Waals surface area contributed by atoms with E-state index in [1.807, 2.05) is 13.1 Å². The van der Waals surface area contributed by atoms with Crippen molar-refractivity contribution < 1.29 is 9.47 Å². The number of hydrogen-bond donors (Lipinski definition) is 1. The number of ether oxygens (including phenoxy) is 2. The van der Waals surface area contributed by atoms with Gasteiger partial charge in [-0.05, 0) is 48.3 Å².